The van der Waals surface area contributed by atoms with E-state index in [-0.39, 0.29) is 17.8 Å². The molecule has 0 saturated carbocycles. The van der Waals surface area contributed by atoms with Gasteiger partial charge in [0, 0.05) is 6.42 Å². The first-order valence-corrected chi connectivity index (χ1v) is 5.84. The van der Waals surface area contributed by atoms with Crippen LogP contribution in [-0.4, -0.2) is 23.0 Å². The Hall–Kier alpha value is -2.10. The van der Waals surface area contributed by atoms with E-state index in [1.807, 2.05) is 18.2 Å². The summed E-state index contributed by atoms with van der Waals surface area (Å²) in [6, 6.07) is 9.08. The van der Waals surface area contributed by atoms with Gasteiger partial charge < -0.3 is 9.84 Å². The smallest absolute Gasteiger partial charge is 0.346 e. The first kappa shape index (κ1) is 12.4. The minimum atomic E-state index is -0.722. The average molecular weight is 246 g/mol. The monoisotopic (exact) mass is 246 g/mol. The first-order chi connectivity index (χ1) is 8.63. The van der Waals surface area contributed by atoms with E-state index in [1.54, 1.807) is 19.1 Å². The van der Waals surface area contributed by atoms with Gasteiger partial charge in [0.05, 0.1) is 0 Å². The van der Waals surface area contributed by atoms with E-state index in [4.69, 9.17) is 4.74 Å². The van der Waals surface area contributed by atoms with E-state index < -0.39 is 17.9 Å². The zero-order valence-electron chi connectivity index (χ0n) is 10.1. The van der Waals surface area contributed by atoms with Gasteiger partial charge in [0.25, 0.3) is 0 Å². The maximum atomic E-state index is 12.0. The Morgan fingerprint density at radius 3 is 2.56 bits per heavy atom. The Morgan fingerprint density at radius 2 is 2.00 bits per heavy atom. The number of benzene rings is 1. The normalized spacial score (nSPS) is 18.9. The van der Waals surface area contributed by atoms with Gasteiger partial charge in [-0.2, -0.15) is 0 Å². The van der Waals surface area contributed by atoms with E-state index in [0.717, 1.165) is 5.56 Å². The minimum absolute atomic E-state index is 0.0891. The molecule has 0 radical (unpaired) electrons. The number of carbonyl (C=O) groups is 2. The molecule has 0 spiro atoms. The van der Waals surface area contributed by atoms with Crippen molar-refractivity contribution >= 4 is 11.8 Å². The van der Waals surface area contributed by atoms with Crippen molar-refractivity contribution in [3.05, 3.63) is 47.2 Å². The third-order valence-corrected chi connectivity index (χ3v) is 2.87. The lowest BCUT2D eigenvalue weighted by molar-refractivity contribution is -0.141. The molecule has 1 aliphatic rings. The number of ketones is 1. The lowest BCUT2D eigenvalue weighted by atomic mass is 10.0. The molecule has 0 aromatic heterocycles. The topological polar surface area (TPSA) is 63.6 Å². The summed E-state index contributed by atoms with van der Waals surface area (Å²) in [7, 11) is 0. The molecule has 2 rings (SSSR count). The van der Waals surface area contributed by atoms with Crippen LogP contribution < -0.4 is 0 Å². The van der Waals surface area contributed by atoms with Gasteiger partial charge in [-0.25, -0.2) is 4.79 Å². The summed E-state index contributed by atoms with van der Waals surface area (Å²) in [5.41, 5.74) is 0.598. The number of aliphatic hydroxyl groups is 1. The van der Waals surface area contributed by atoms with E-state index in [0.29, 0.717) is 6.42 Å². The van der Waals surface area contributed by atoms with Crippen molar-refractivity contribution in [1.29, 1.82) is 0 Å². The second-order valence-corrected chi connectivity index (χ2v) is 4.15. The average Bonchev–Trinajstić information content (AvgIpc) is 2.65. The lowest BCUT2D eigenvalue weighted by Crippen LogP contribution is -2.13. The molecule has 1 atom stereocenters. The zero-order chi connectivity index (χ0) is 13.1. The Balaban J connectivity index is 2.19. The van der Waals surface area contributed by atoms with Crippen LogP contribution in [0.5, 0.6) is 0 Å². The van der Waals surface area contributed by atoms with Gasteiger partial charge in [0.15, 0.2) is 17.6 Å². The molecular formula is C14H14O4. The SMILES string of the molecule is CCC1OC(=O)C(C(=O)Cc2ccccc2)=C1O. The van der Waals surface area contributed by atoms with Crippen LogP contribution in [0.15, 0.2) is 41.7 Å². The number of cyclic esters (lactones) is 1. The highest BCUT2D eigenvalue weighted by Crippen LogP contribution is 2.24. The van der Waals surface area contributed by atoms with Crippen molar-refractivity contribution in [3.63, 3.8) is 0 Å². The predicted octanol–water partition coefficient (Wildman–Crippen LogP) is 1.95. The molecular weight excluding hydrogens is 232 g/mol. The quantitative estimate of drug-likeness (QED) is 0.651. The van der Waals surface area contributed by atoms with Gasteiger partial charge in [-0.1, -0.05) is 37.3 Å². The van der Waals surface area contributed by atoms with Crippen LogP contribution in [0.2, 0.25) is 0 Å². The highest BCUT2D eigenvalue weighted by Gasteiger charge is 2.36. The summed E-state index contributed by atoms with van der Waals surface area (Å²) in [6.07, 6.45) is -0.127. The first-order valence-electron chi connectivity index (χ1n) is 5.84. The van der Waals surface area contributed by atoms with E-state index >= 15 is 0 Å². The maximum absolute atomic E-state index is 12.0. The molecule has 1 aromatic rings. The second kappa shape index (κ2) is 5.04. The molecule has 1 aromatic carbocycles. The number of hydrogen-bond acceptors (Lipinski definition) is 4. The molecule has 0 amide bonds. The largest absolute Gasteiger partial charge is 0.507 e. The molecule has 4 nitrogen and oxygen atoms in total. The molecule has 1 unspecified atom stereocenters. The molecule has 1 heterocycles. The molecule has 4 heteroatoms. The number of esters is 1. The number of carbonyl (C=O) groups excluding carboxylic acids is 2. The summed E-state index contributed by atoms with van der Waals surface area (Å²) < 4.78 is 4.91. The molecule has 0 aliphatic carbocycles. The molecule has 0 saturated heterocycles. The zero-order valence-corrected chi connectivity index (χ0v) is 10.1. The van der Waals surface area contributed by atoms with Crippen molar-refractivity contribution in [3.8, 4) is 0 Å². The third-order valence-electron chi connectivity index (χ3n) is 2.87. The molecule has 0 bridgehead atoms. The van der Waals surface area contributed by atoms with Crippen molar-refractivity contribution in [2.24, 2.45) is 0 Å². The number of Topliss-reactive ketones (excluding diaryl/α,β-unsaturated/α-hetero) is 1. The van der Waals surface area contributed by atoms with Crippen LogP contribution in [-0.2, 0) is 20.7 Å². The summed E-state index contributed by atoms with van der Waals surface area (Å²) >= 11 is 0. The van der Waals surface area contributed by atoms with Gasteiger partial charge in [-0.05, 0) is 12.0 Å². The molecule has 94 valence electrons. The van der Waals surface area contributed by atoms with E-state index in [1.165, 1.54) is 0 Å². The Labute approximate surface area is 105 Å². The van der Waals surface area contributed by atoms with Crippen LogP contribution in [0.25, 0.3) is 0 Å². The van der Waals surface area contributed by atoms with Crippen LogP contribution in [0.1, 0.15) is 18.9 Å². The van der Waals surface area contributed by atoms with Crippen LogP contribution in [0.4, 0.5) is 0 Å². The fourth-order valence-corrected chi connectivity index (χ4v) is 1.91. The number of rotatable bonds is 4. The summed E-state index contributed by atoms with van der Waals surface area (Å²) in [6.45, 7) is 1.78. The highest BCUT2D eigenvalue weighted by atomic mass is 16.6. The van der Waals surface area contributed by atoms with E-state index in [2.05, 4.69) is 0 Å². The third kappa shape index (κ3) is 2.27. The molecule has 1 aliphatic heterocycles. The summed E-state index contributed by atoms with van der Waals surface area (Å²) in [4.78, 5) is 23.5. The molecule has 18 heavy (non-hydrogen) atoms. The lowest BCUT2D eigenvalue weighted by Gasteiger charge is -2.04. The van der Waals surface area contributed by atoms with Crippen LogP contribution >= 0.6 is 0 Å². The van der Waals surface area contributed by atoms with Gasteiger partial charge in [0.1, 0.15) is 5.57 Å². The molecule has 0 fully saturated rings. The van der Waals surface area contributed by atoms with Gasteiger partial charge in [-0.3, -0.25) is 4.79 Å². The minimum Gasteiger partial charge on any atom is -0.507 e. The van der Waals surface area contributed by atoms with Crippen LogP contribution in [0, 0.1) is 0 Å². The second-order valence-electron chi connectivity index (χ2n) is 4.15. The van der Waals surface area contributed by atoms with Gasteiger partial charge in [-0.15, -0.1) is 0 Å². The Bertz CT molecular complexity index is 502. The summed E-state index contributed by atoms with van der Waals surface area (Å²) in [5, 5.41) is 9.78. The Morgan fingerprint density at radius 1 is 1.33 bits per heavy atom. The number of ether oxygens (including phenoxy) is 1. The highest BCUT2D eigenvalue weighted by molar-refractivity contribution is 6.19. The predicted molar refractivity (Wildman–Crippen MR) is 65.0 cm³/mol. The van der Waals surface area contributed by atoms with Crippen molar-refractivity contribution < 1.29 is 19.4 Å². The van der Waals surface area contributed by atoms with Crippen molar-refractivity contribution in [2.45, 2.75) is 25.9 Å². The number of hydrogen-bond donors (Lipinski definition) is 1. The van der Waals surface area contributed by atoms with Crippen molar-refractivity contribution in [2.75, 3.05) is 0 Å². The van der Waals surface area contributed by atoms with E-state index in [9.17, 15) is 14.7 Å². The van der Waals surface area contributed by atoms with Gasteiger partial charge >= 0.3 is 5.97 Å². The standard InChI is InChI=1S/C14H14O4/c1-2-11-13(16)12(14(17)18-11)10(15)8-9-6-4-3-5-7-9/h3-7,11,16H,2,8H2,1H3. The van der Waals surface area contributed by atoms with Gasteiger partial charge in [0.2, 0.25) is 0 Å². The fourth-order valence-electron chi connectivity index (χ4n) is 1.91. The van der Waals surface area contributed by atoms with Crippen LogP contribution in [0.3, 0.4) is 0 Å². The maximum Gasteiger partial charge on any atom is 0.346 e. The molecule has 1 N–H and O–H groups in total. The summed E-state index contributed by atoms with van der Waals surface area (Å²) in [5.74, 6) is -1.36. The van der Waals surface area contributed by atoms with Crippen molar-refractivity contribution in [1.82, 2.24) is 0 Å². The Kier molecular flexibility index (Phi) is 3.46. The fraction of sp³-hybridized carbons (Fsp3) is 0.286. The number of aliphatic hydroxyl groups excluding tert-OH is 1.